The van der Waals surface area contributed by atoms with Crippen molar-refractivity contribution >= 4 is 5.91 Å². The Kier molecular flexibility index (Phi) is 4.47. The fraction of sp³-hybridized carbons (Fsp3) is 0.200. The number of rotatable bonds is 4. The Balaban J connectivity index is 2.10. The summed E-state index contributed by atoms with van der Waals surface area (Å²) in [6, 6.07) is 6.99. The molecule has 0 atom stereocenters. The number of amides is 1. The van der Waals surface area contributed by atoms with Crippen molar-refractivity contribution in [1.29, 1.82) is 0 Å². The van der Waals surface area contributed by atoms with Gasteiger partial charge >= 0.3 is 0 Å². The highest BCUT2D eigenvalue weighted by molar-refractivity contribution is 5.94. The largest absolute Gasteiger partial charge is 0.481 e. The normalized spacial score (nSPS) is 10.3. The van der Waals surface area contributed by atoms with Gasteiger partial charge in [-0.1, -0.05) is 6.07 Å². The summed E-state index contributed by atoms with van der Waals surface area (Å²) in [5, 5.41) is 2.53. The van der Waals surface area contributed by atoms with E-state index in [1.165, 1.54) is 20.1 Å². The maximum Gasteiger partial charge on any atom is 0.254 e. The van der Waals surface area contributed by atoms with E-state index in [-0.39, 0.29) is 17.7 Å². The Hall–Kier alpha value is -2.50. The third-order valence-corrected chi connectivity index (χ3v) is 2.91. The van der Waals surface area contributed by atoms with E-state index in [2.05, 4.69) is 10.3 Å². The van der Waals surface area contributed by atoms with Crippen molar-refractivity contribution in [2.45, 2.75) is 13.5 Å². The van der Waals surface area contributed by atoms with Gasteiger partial charge in [-0.25, -0.2) is 13.8 Å². The molecule has 0 unspecified atom stereocenters. The molecule has 1 amide bonds. The molecule has 0 fully saturated rings. The topological polar surface area (TPSA) is 51.2 Å². The van der Waals surface area contributed by atoms with Crippen LogP contribution in [0, 0.1) is 18.6 Å². The number of nitrogens with zero attached hydrogens (tertiary/aromatic N) is 1. The van der Waals surface area contributed by atoms with Crippen molar-refractivity contribution < 1.29 is 18.3 Å². The highest BCUT2D eigenvalue weighted by Crippen LogP contribution is 2.14. The zero-order valence-corrected chi connectivity index (χ0v) is 11.6. The second-order valence-electron chi connectivity index (χ2n) is 4.44. The van der Waals surface area contributed by atoms with E-state index in [9.17, 15) is 13.6 Å². The van der Waals surface area contributed by atoms with Gasteiger partial charge in [0.15, 0.2) is 0 Å². The first-order chi connectivity index (χ1) is 10.0. The van der Waals surface area contributed by atoms with Crippen molar-refractivity contribution in [2.75, 3.05) is 7.11 Å². The van der Waals surface area contributed by atoms with Gasteiger partial charge < -0.3 is 10.1 Å². The summed E-state index contributed by atoms with van der Waals surface area (Å²) in [6.45, 7) is 1.58. The van der Waals surface area contributed by atoms with Crippen molar-refractivity contribution in [3.8, 4) is 5.88 Å². The second-order valence-corrected chi connectivity index (χ2v) is 4.44. The van der Waals surface area contributed by atoms with Crippen LogP contribution in [0.1, 0.15) is 21.6 Å². The van der Waals surface area contributed by atoms with Crippen LogP contribution in [0.5, 0.6) is 5.88 Å². The number of hydrogen-bond acceptors (Lipinski definition) is 3. The number of ether oxygens (including phenoxy) is 1. The number of aryl methyl sites for hydroxylation is 1. The number of nitrogens with one attached hydrogen (secondary N) is 1. The molecule has 2 rings (SSSR count). The highest BCUT2D eigenvalue weighted by Gasteiger charge is 2.14. The minimum Gasteiger partial charge on any atom is -0.481 e. The molecule has 1 aromatic carbocycles. The standard InChI is InChI=1S/C15H14F2N2O2/c1-9-6-11(13(17)7-12(9)16)15(20)18-8-10-4-3-5-14(19-10)21-2/h3-7H,8H2,1-2H3,(H,18,20). The number of methoxy groups -OCH3 is 1. The van der Waals surface area contributed by atoms with Crippen LogP contribution in [0.15, 0.2) is 30.3 Å². The molecule has 0 aliphatic heterocycles. The Morgan fingerprint density at radius 1 is 1.29 bits per heavy atom. The number of hydrogen-bond donors (Lipinski definition) is 1. The molecule has 0 spiro atoms. The van der Waals surface area contributed by atoms with Crippen molar-refractivity contribution in [3.05, 3.63) is 58.8 Å². The molecule has 0 radical (unpaired) electrons. The zero-order chi connectivity index (χ0) is 15.4. The first-order valence-corrected chi connectivity index (χ1v) is 6.25. The summed E-state index contributed by atoms with van der Waals surface area (Å²) in [6.07, 6.45) is 0. The number of carbonyl (C=O) groups is 1. The number of benzene rings is 1. The van der Waals surface area contributed by atoms with Crippen LogP contribution in [-0.2, 0) is 6.54 Å². The van der Waals surface area contributed by atoms with Crippen LogP contribution in [0.3, 0.4) is 0 Å². The lowest BCUT2D eigenvalue weighted by molar-refractivity contribution is 0.0946. The monoisotopic (exact) mass is 292 g/mol. The molecule has 0 bridgehead atoms. The number of pyridine rings is 1. The van der Waals surface area contributed by atoms with Gasteiger partial charge in [0.2, 0.25) is 5.88 Å². The van der Waals surface area contributed by atoms with E-state index >= 15 is 0 Å². The van der Waals surface area contributed by atoms with Crippen molar-refractivity contribution in [1.82, 2.24) is 10.3 Å². The van der Waals surface area contributed by atoms with Gasteiger partial charge in [0.05, 0.1) is 24.9 Å². The van der Waals surface area contributed by atoms with E-state index < -0.39 is 17.5 Å². The van der Waals surface area contributed by atoms with Gasteiger partial charge in [0, 0.05) is 12.1 Å². The quantitative estimate of drug-likeness (QED) is 0.942. The summed E-state index contributed by atoms with van der Waals surface area (Å²) in [5.41, 5.74) is 0.583. The third-order valence-electron chi connectivity index (χ3n) is 2.91. The van der Waals surface area contributed by atoms with Crippen LogP contribution in [-0.4, -0.2) is 18.0 Å². The fourth-order valence-electron chi connectivity index (χ4n) is 1.77. The first kappa shape index (κ1) is 14.9. The van der Waals surface area contributed by atoms with E-state index in [0.717, 1.165) is 0 Å². The summed E-state index contributed by atoms with van der Waals surface area (Å²) in [7, 11) is 1.49. The molecular weight excluding hydrogens is 278 g/mol. The summed E-state index contributed by atoms with van der Waals surface area (Å²) >= 11 is 0. The van der Waals surface area contributed by atoms with Gasteiger partial charge in [-0.15, -0.1) is 0 Å². The maximum absolute atomic E-state index is 13.6. The Labute approximate surface area is 120 Å². The summed E-state index contributed by atoms with van der Waals surface area (Å²) < 4.78 is 31.7. The molecule has 2 aromatic rings. The average molecular weight is 292 g/mol. The molecule has 0 aliphatic carbocycles. The van der Waals surface area contributed by atoms with E-state index in [1.807, 2.05) is 0 Å². The first-order valence-electron chi connectivity index (χ1n) is 6.25. The maximum atomic E-state index is 13.6. The summed E-state index contributed by atoms with van der Waals surface area (Å²) in [4.78, 5) is 16.0. The number of carbonyl (C=O) groups excluding carboxylic acids is 1. The van der Waals surface area contributed by atoms with Crippen LogP contribution >= 0.6 is 0 Å². The highest BCUT2D eigenvalue weighted by atomic mass is 19.1. The van der Waals surface area contributed by atoms with E-state index in [4.69, 9.17) is 4.74 Å². The second kappa shape index (κ2) is 6.30. The van der Waals surface area contributed by atoms with Gasteiger partial charge in [-0.05, 0) is 24.6 Å². The van der Waals surface area contributed by atoms with Gasteiger partial charge in [0.1, 0.15) is 11.6 Å². The molecule has 0 saturated heterocycles. The predicted molar refractivity (Wildman–Crippen MR) is 73.1 cm³/mol. The van der Waals surface area contributed by atoms with Gasteiger partial charge in [-0.2, -0.15) is 0 Å². The number of halogens is 2. The van der Waals surface area contributed by atoms with Crippen LogP contribution < -0.4 is 10.1 Å². The fourth-order valence-corrected chi connectivity index (χ4v) is 1.77. The van der Waals surface area contributed by atoms with Crippen molar-refractivity contribution in [3.63, 3.8) is 0 Å². The smallest absolute Gasteiger partial charge is 0.254 e. The van der Waals surface area contributed by atoms with Crippen LogP contribution in [0.25, 0.3) is 0 Å². The molecule has 21 heavy (non-hydrogen) atoms. The summed E-state index contributed by atoms with van der Waals surface area (Å²) in [5.74, 6) is -1.78. The molecule has 1 heterocycles. The average Bonchev–Trinajstić information content (AvgIpc) is 2.48. The molecule has 0 saturated carbocycles. The molecular formula is C15H14F2N2O2. The molecule has 4 nitrogen and oxygen atoms in total. The van der Waals surface area contributed by atoms with Crippen LogP contribution in [0.2, 0.25) is 0 Å². The zero-order valence-electron chi connectivity index (χ0n) is 11.6. The molecule has 6 heteroatoms. The number of aromatic nitrogens is 1. The van der Waals surface area contributed by atoms with Gasteiger partial charge in [0.25, 0.3) is 5.91 Å². The minimum absolute atomic E-state index is 0.117. The van der Waals surface area contributed by atoms with E-state index in [0.29, 0.717) is 17.6 Å². The van der Waals surface area contributed by atoms with E-state index in [1.54, 1.807) is 18.2 Å². The Morgan fingerprint density at radius 2 is 2.05 bits per heavy atom. The molecule has 110 valence electrons. The van der Waals surface area contributed by atoms with Crippen molar-refractivity contribution in [2.24, 2.45) is 0 Å². The van der Waals surface area contributed by atoms with Gasteiger partial charge in [-0.3, -0.25) is 4.79 Å². The minimum atomic E-state index is -0.894. The molecule has 0 aliphatic rings. The SMILES string of the molecule is COc1cccc(CNC(=O)c2cc(C)c(F)cc2F)n1. The predicted octanol–water partition coefficient (Wildman–Crippen LogP) is 2.61. The third kappa shape index (κ3) is 3.53. The van der Waals surface area contributed by atoms with Crippen LogP contribution in [0.4, 0.5) is 8.78 Å². The Morgan fingerprint density at radius 3 is 2.76 bits per heavy atom. The lowest BCUT2D eigenvalue weighted by Gasteiger charge is -2.08. The Bertz CT molecular complexity index is 675. The molecule has 1 N–H and O–H groups in total. The lowest BCUT2D eigenvalue weighted by Crippen LogP contribution is -2.24. The molecule has 1 aromatic heterocycles. The lowest BCUT2D eigenvalue weighted by atomic mass is 10.1.